The SMILES string of the molecule is CCC1CCCCN1C(=O)c1cccc(N)c1Cl. The summed E-state index contributed by atoms with van der Waals surface area (Å²) in [6, 6.07) is 5.58. The molecule has 4 heteroatoms. The van der Waals surface area contributed by atoms with Gasteiger partial charge in [-0.3, -0.25) is 4.79 Å². The second kappa shape index (κ2) is 5.61. The molecule has 3 nitrogen and oxygen atoms in total. The van der Waals surface area contributed by atoms with Gasteiger partial charge in [-0.05, 0) is 37.8 Å². The molecular weight excluding hydrogens is 248 g/mol. The van der Waals surface area contributed by atoms with Gasteiger partial charge in [-0.2, -0.15) is 0 Å². The lowest BCUT2D eigenvalue weighted by atomic mass is 9.99. The highest BCUT2D eigenvalue weighted by molar-refractivity contribution is 6.36. The molecule has 1 atom stereocenters. The van der Waals surface area contributed by atoms with Gasteiger partial charge in [-0.15, -0.1) is 0 Å². The second-order valence-electron chi connectivity index (χ2n) is 4.77. The van der Waals surface area contributed by atoms with E-state index < -0.39 is 0 Å². The van der Waals surface area contributed by atoms with Gasteiger partial charge >= 0.3 is 0 Å². The van der Waals surface area contributed by atoms with E-state index >= 15 is 0 Å². The number of carbonyl (C=O) groups is 1. The van der Waals surface area contributed by atoms with Crippen LogP contribution in [-0.2, 0) is 0 Å². The Morgan fingerprint density at radius 2 is 2.28 bits per heavy atom. The van der Waals surface area contributed by atoms with Crippen LogP contribution in [0.3, 0.4) is 0 Å². The molecule has 1 aromatic carbocycles. The molecule has 0 bridgehead atoms. The predicted molar refractivity (Wildman–Crippen MR) is 74.8 cm³/mol. The molecular formula is C14H19ClN2O. The largest absolute Gasteiger partial charge is 0.398 e. The maximum Gasteiger partial charge on any atom is 0.255 e. The Kier molecular flexibility index (Phi) is 4.12. The minimum absolute atomic E-state index is 0.0128. The monoisotopic (exact) mass is 266 g/mol. The average Bonchev–Trinajstić information content (AvgIpc) is 2.41. The van der Waals surface area contributed by atoms with Crippen LogP contribution < -0.4 is 5.73 Å². The number of benzene rings is 1. The van der Waals surface area contributed by atoms with E-state index in [0.717, 1.165) is 25.8 Å². The molecule has 1 heterocycles. The number of piperidine rings is 1. The van der Waals surface area contributed by atoms with Gasteiger partial charge in [0.25, 0.3) is 5.91 Å². The number of likely N-dealkylation sites (tertiary alicyclic amines) is 1. The zero-order valence-corrected chi connectivity index (χ0v) is 11.4. The first-order valence-electron chi connectivity index (χ1n) is 6.50. The van der Waals surface area contributed by atoms with E-state index in [2.05, 4.69) is 6.92 Å². The van der Waals surface area contributed by atoms with Gasteiger partial charge in [0.15, 0.2) is 0 Å². The van der Waals surface area contributed by atoms with Crippen molar-refractivity contribution in [2.45, 2.75) is 38.6 Å². The van der Waals surface area contributed by atoms with Crippen LogP contribution in [0.2, 0.25) is 5.02 Å². The van der Waals surface area contributed by atoms with E-state index in [-0.39, 0.29) is 5.91 Å². The van der Waals surface area contributed by atoms with Crippen molar-refractivity contribution in [1.82, 2.24) is 4.90 Å². The van der Waals surface area contributed by atoms with E-state index in [1.807, 2.05) is 4.90 Å². The topological polar surface area (TPSA) is 46.3 Å². The summed E-state index contributed by atoms with van der Waals surface area (Å²) in [5.41, 5.74) is 6.74. The van der Waals surface area contributed by atoms with E-state index in [0.29, 0.717) is 22.3 Å². The number of nitrogens with two attached hydrogens (primary N) is 1. The van der Waals surface area contributed by atoms with Gasteiger partial charge in [-0.1, -0.05) is 24.6 Å². The quantitative estimate of drug-likeness (QED) is 0.835. The van der Waals surface area contributed by atoms with E-state index in [1.165, 1.54) is 6.42 Å². The van der Waals surface area contributed by atoms with E-state index in [1.54, 1.807) is 18.2 Å². The summed E-state index contributed by atoms with van der Waals surface area (Å²) < 4.78 is 0. The highest BCUT2D eigenvalue weighted by Crippen LogP contribution is 2.27. The Balaban J connectivity index is 2.27. The van der Waals surface area contributed by atoms with Gasteiger partial charge in [0, 0.05) is 12.6 Å². The Hall–Kier alpha value is -1.22. The molecule has 1 amide bonds. The van der Waals surface area contributed by atoms with Gasteiger partial charge in [-0.25, -0.2) is 0 Å². The van der Waals surface area contributed by atoms with Gasteiger partial charge in [0.1, 0.15) is 0 Å². The maximum absolute atomic E-state index is 12.5. The predicted octanol–water partition coefficient (Wildman–Crippen LogP) is 3.33. The molecule has 1 aliphatic heterocycles. The summed E-state index contributed by atoms with van der Waals surface area (Å²) >= 11 is 6.13. The molecule has 0 aliphatic carbocycles. The van der Waals surface area contributed by atoms with Crippen LogP contribution in [0.25, 0.3) is 0 Å². The third kappa shape index (κ3) is 2.46. The summed E-state index contributed by atoms with van der Waals surface area (Å²) in [7, 11) is 0. The first kappa shape index (κ1) is 13.2. The second-order valence-corrected chi connectivity index (χ2v) is 5.14. The lowest BCUT2D eigenvalue weighted by Crippen LogP contribution is -2.43. The first-order chi connectivity index (χ1) is 8.65. The van der Waals surface area contributed by atoms with Crippen LogP contribution in [0.4, 0.5) is 5.69 Å². The fraction of sp³-hybridized carbons (Fsp3) is 0.500. The fourth-order valence-electron chi connectivity index (χ4n) is 2.56. The Morgan fingerprint density at radius 1 is 1.50 bits per heavy atom. The summed E-state index contributed by atoms with van der Waals surface area (Å²) in [6.07, 6.45) is 4.35. The highest BCUT2D eigenvalue weighted by Gasteiger charge is 2.27. The normalized spacial score (nSPS) is 19.9. The van der Waals surface area contributed by atoms with Crippen LogP contribution in [0.1, 0.15) is 43.0 Å². The van der Waals surface area contributed by atoms with Crippen molar-refractivity contribution >= 4 is 23.2 Å². The molecule has 2 rings (SSSR count). The summed E-state index contributed by atoms with van der Waals surface area (Å²) in [4.78, 5) is 14.5. The van der Waals surface area contributed by atoms with Crippen molar-refractivity contribution in [3.63, 3.8) is 0 Å². The van der Waals surface area contributed by atoms with Gasteiger partial charge in [0.2, 0.25) is 0 Å². The van der Waals surface area contributed by atoms with Gasteiger partial charge < -0.3 is 10.6 Å². The molecule has 1 fully saturated rings. The molecule has 2 N–H and O–H groups in total. The Morgan fingerprint density at radius 3 is 3.00 bits per heavy atom. The molecule has 0 spiro atoms. The third-order valence-corrected chi connectivity index (χ3v) is 4.04. The number of nitrogen functional groups attached to an aromatic ring is 1. The molecule has 1 unspecified atom stereocenters. The lowest BCUT2D eigenvalue weighted by molar-refractivity contribution is 0.0608. The Bertz CT molecular complexity index is 447. The smallest absolute Gasteiger partial charge is 0.255 e. The number of rotatable bonds is 2. The average molecular weight is 267 g/mol. The molecule has 0 saturated carbocycles. The van der Waals surface area contributed by atoms with Crippen molar-refractivity contribution in [2.75, 3.05) is 12.3 Å². The van der Waals surface area contributed by atoms with Gasteiger partial charge in [0.05, 0.1) is 16.3 Å². The maximum atomic E-state index is 12.5. The van der Waals surface area contributed by atoms with E-state index in [9.17, 15) is 4.79 Å². The number of hydrogen-bond acceptors (Lipinski definition) is 2. The molecule has 0 radical (unpaired) electrons. The molecule has 0 aromatic heterocycles. The van der Waals surface area contributed by atoms with Crippen molar-refractivity contribution in [2.24, 2.45) is 0 Å². The minimum atomic E-state index is 0.0128. The molecule has 1 aromatic rings. The number of halogens is 1. The lowest BCUT2D eigenvalue weighted by Gasteiger charge is -2.35. The number of carbonyl (C=O) groups excluding carboxylic acids is 1. The summed E-state index contributed by atoms with van der Waals surface area (Å²) in [5.74, 6) is 0.0128. The minimum Gasteiger partial charge on any atom is -0.398 e. The first-order valence-corrected chi connectivity index (χ1v) is 6.88. The fourth-order valence-corrected chi connectivity index (χ4v) is 2.77. The van der Waals surface area contributed by atoms with Crippen LogP contribution in [0.5, 0.6) is 0 Å². The van der Waals surface area contributed by atoms with Crippen LogP contribution >= 0.6 is 11.6 Å². The Labute approximate surface area is 113 Å². The van der Waals surface area contributed by atoms with Crippen LogP contribution in [-0.4, -0.2) is 23.4 Å². The molecule has 98 valence electrons. The molecule has 1 saturated heterocycles. The zero-order valence-electron chi connectivity index (χ0n) is 10.7. The van der Waals surface area contributed by atoms with Crippen molar-refractivity contribution in [3.05, 3.63) is 28.8 Å². The van der Waals surface area contributed by atoms with E-state index in [4.69, 9.17) is 17.3 Å². The number of hydrogen-bond donors (Lipinski definition) is 1. The summed E-state index contributed by atoms with van der Waals surface area (Å²) in [6.45, 7) is 2.94. The molecule has 18 heavy (non-hydrogen) atoms. The number of amides is 1. The van der Waals surface area contributed by atoms with Crippen LogP contribution in [0.15, 0.2) is 18.2 Å². The zero-order chi connectivity index (χ0) is 13.1. The summed E-state index contributed by atoms with van der Waals surface area (Å²) in [5, 5.41) is 0.378. The van der Waals surface area contributed by atoms with Crippen molar-refractivity contribution < 1.29 is 4.79 Å². The molecule has 1 aliphatic rings. The number of anilines is 1. The third-order valence-electron chi connectivity index (χ3n) is 3.62. The van der Waals surface area contributed by atoms with Crippen LogP contribution in [0, 0.1) is 0 Å². The standard InChI is InChI=1S/C14H19ClN2O/c1-2-10-6-3-4-9-17(10)14(18)11-7-5-8-12(16)13(11)15/h5,7-8,10H,2-4,6,9,16H2,1H3. The highest BCUT2D eigenvalue weighted by atomic mass is 35.5. The van der Waals surface area contributed by atoms with Crippen molar-refractivity contribution in [3.8, 4) is 0 Å². The number of nitrogens with zero attached hydrogens (tertiary/aromatic N) is 1. The van der Waals surface area contributed by atoms with Crippen molar-refractivity contribution in [1.29, 1.82) is 0 Å².